The molecule has 0 bridgehead atoms. The fourth-order valence-corrected chi connectivity index (χ4v) is 2.04. The molecular formula is C14H18N2O. The highest BCUT2D eigenvalue weighted by atomic mass is 16.5. The zero-order chi connectivity index (χ0) is 12.3. The largest absolute Gasteiger partial charge is 0.472 e. The highest BCUT2D eigenvalue weighted by molar-refractivity contribution is 5.52. The van der Waals surface area contributed by atoms with Gasteiger partial charge in [0.2, 0.25) is 0 Å². The van der Waals surface area contributed by atoms with Crippen LogP contribution in [0.3, 0.4) is 0 Å². The molecule has 1 saturated heterocycles. The molecule has 3 nitrogen and oxygen atoms in total. The highest BCUT2D eigenvalue weighted by Crippen LogP contribution is 2.30. The summed E-state index contributed by atoms with van der Waals surface area (Å²) in [5.74, 6) is 3.50. The minimum absolute atomic E-state index is 0.498. The molecule has 0 unspecified atom stereocenters. The fourth-order valence-electron chi connectivity index (χ4n) is 2.04. The lowest BCUT2D eigenvalue weighted by atomic mass is 9.92. The van der Waals surface area contributed by atoms with Gasteiger partial charge in [-0.05, 0) is 19.2 Å². The second kappa shape index (κ2) is 4.68. The molecular weight excluding hydrogens is 212 g/mol. The number of benzene rings is 1. The molecule has 0 saturated carbocycles. The van der Waals surface area contributed by atoms with Crippen LogP contribution in [0.2, 0.25) is 0 Å². The lowest BCUT2D eigenvalue weighted by molar-refractivity contribution is 0.0581. The molecule has 0 aliphatic carbocycles. The van der Waals surface area contributed by atoms with Crippen LogP contribution >= 0.6 is 0 Å². The molecule has 0 spiro atoms. The molecule has 0 aromatic heterocycles. The van der Waals surface area contributed by atoms with Crippen molar-refractivity contribution in [3.63, 3.8) is 0 Å². The molecule has 1 heterocycles. The Balaban J connectivity index is 2.16. The van der Waals surface area contributed by atoms with Gasteiger partial charge in [-0.2, -0.15) is 0 Å². The maximum Gasteiger partial charge on any atom is 0.171 e. The second-order valence-corrected chi connectivity index (χ2v) is 4.58. The Labute approximate surface area is 103 Å². The van der Waals surface area contributed by atoms with Gasteiger partial charge in [0.05, 0.1) is 5.69 Å². The van der Waals surface area contributed by atoms with Crippen LogP contribution in [0, 0.1) is 12.3 Å². The summed E-state index contributed by atoms with van der Waals surface area (Å²) in [7, 11) is 2.09. The summed E-state index contributed by atoms with van der Waals surface area (Å²) in [5, 5.41) is 0. The molecule has 17 heavy (non-hydrogen) atoms. The number of hydrogen-bond acceptors (Lipinski definition) is 3. The van der Waals surface area contributed by atoms with Gasteiger partial charge < -0.3 is 15.4 Å². The van der Waals surface area contributed by atoms with E-state index in [4.69, 9.17) is 16.9 Å². The van der Waals surface area contributed by atoms with Gasteiger partial charge in [0.25, 0.3) is 0 Å². The van der Waals surface area contributed by atoms with Crippen LogP contribution in [0.4, 0.5) is 5.69 Å². The molecule has 90 valence electrons. The van der Waals surface area contributed by atoms with Crippen LogP contribution < -0.4 is 10.5 Å². The summed E-state index contributed by atoms with van der Waals surface area (Å²) in [5.41, 5.74) is 6.02. The van der Waals surface area contributed by atoms with Gasteiger partial charge in [-0.3, -0.25) is 0 Å². The van der Waals surface area contributed by atoms with Gasteiger partial charge in [-0.1, -0.05) is 18.1 Å². The third-order valence-corrected chi connectivity index (χ3v) is 3.28. The fraction of sp³-hybridized carbons (Fsp3) is 0.429. The number of terminal acetylenes is 1. The molecule has 0 radical (unpaired) electrons. The zero-order valence-electron chi connectivity index (χ0n) is 10.1. The quantitative estimate of drug-likeness (QED) is 0.621. The maximum atomic E-state index is 5.98. The topological polar surface area (TPSA) is 38.5 Å². The molecule has 2 rings (SSSR count). The van der Waals surface area contributed by atoms with Gasteiger partial charge in [0.1, 0.15) is 5.75 Å². The van der Waals surface area contributed by atoms with Crippen LogP contribution in [0.1, 0.15) is 12.8 Å². The second-order valence-electron chi connectivity index (χ2n) is 4.58. The first-order valence-electron chi connectivity index (χ1n) is 5.85. The summed E-state index contributed by atoms with van der Waals surface area (Å²) in [4.78, 5) is 2.26. The highest BCUT2D eigenvalue weighted by Gasteiger charge is 2.34. The summed E-state index contributed by atoms with van der Waals surface area (Å²) < 4.78 is 5.98. The number of likely N-dealkylation sites (tertiary alicyclic amines) is 1. The van der Waals surface area contributed by atoms with E-state index in [2.05, 4.69) is 17.9 Å². The molecule has 1 aliphatic rings. The van der Waals surface area contributed by atoms with Gasteiger partial charge in [-0.15, -0.1) is 6.42 Å². The molecule has 3 heteroatoms. The van der Waals surface area contributed by atoms with Crippen molar-refractivity contribution in [3.8, 4) is 18.1 Å². The Hall–Kier alpha value is -1.66. The Bertz CT molecular complexity index is 428. The number of nitrogen functional groups attached to an aromatic ring is 1. The number of hydrogen-bond donors (Lipinski definition) is 1. The van der Waals surface area contributed by atoms with Crippen molar-refractivity contribution in [1.82, 2.24) is 4.90 Å². The smallest absolute Gasteiger partial charge is 0.171 e. The predicted molar refractivity (Wildman–Crippen MR) is 69.8 cm³/mol. The normalized spacial score (nSPS) is 19.5. The number of nitrogens with two attached hydrogens (primary N) is 1. The monoisotopic (exact) mass is 230 g/mol. The van der Waals surface area contributed by atoms with Gasteiger partial charge in [0.15, 0.2) is 5.60 Å². The SMILES string of the molecule is C#CC1(Oc2ccccc2N)CCN(C)CC1. The van der Waals surface area contributed by atoms with E-state index in [9.17, 15) is 0 Å². The molecule has 0 atom stereocenters. The lowest BCUT2D eigenvalue weighted by Crippen LogP contribution is -2.45. The zero-order valence-corrected chi connectivity index (χ0v) is 10.1. The molecule has 0 amide bonds. The summed E-state index contributed by atoms with van der Waals surface area (Å²) >= 11 is 0. The van der Waals surface area contributed by atoms with Crippen molar-refractivity contribution in [3.05, 3.63) is 24.3 Å². The number of ether oxygens (including phenoxy) is 1. The molecule has 1 aromatic rings. The van der Waals surface area contributed by atoms with Crippen molar-refractivity contribution in [1.29, 1.82) is 0 Å². The average Bonchev–Trinajstić information content (AvgIpc) is 2.35. The van der Waals surface area contributed by atoms with Crippen LogP contribution in [0.5, 0.6) is 5.75 Å². The van der Waals surface area contributed by atoms with Crippen molar-refractivity contribution >= 4 is 5.69 Å². The number of anilines is 1. The van der Waals surface area contributed by atoms with E-state index in [1.165, 1.54) is 0 Å². The van der Waals surface area contributed by atoms with Crippen LogP contribution in [-0.2, 0) is 0 Å². The third-order valence-electron chi connectivity index (χ3n) is 3.28. The van der Waals surface area contributed by atoms with E-state index in [-0.39, 0.29) is 0 Å². The molecule has 2 N–H and O–H groups in total. The summed E-state index contributed by atoms with van der Waals surface area (Å²) in [6, 6.07) is 7.49. The first kappa shape index (κ1) is 11.8. The van der Waals surface area contributed by atoms with Crippen LogP contribution in [-0.4, -0.2) is 30.6 Å². The third kappa shape index (κ3) is 2.54. The van der Waals surface area contributed by atoms with E-state index in [1.807, 2.05) is 24.3 Å². The Morgan fingerprint density at radius 2 is 2.00 bits per heavy atom. The Kier molecular flexibility index (Phi) is 3.26. The number of piperidine rings is 1. The van der Waals surface area contributed by atoms with Crippen LogP contribution in [0.25, 0.3) is 0 Å². The summed E-state index contributed by atoms with van der Waals surface area (Å²) in [6.07, 6.45) is 7.33. The van der Waals surface area contributed by atoms with Crippen molar-refractivity contribution < 1.29 is 4.74 Å². The van der Waals surface area contributed by atoms with Crippen molar-refractivity contribution in [2.75, 3.05) is 25.9 Å². The first-order chi connectivity index (χ1) is 8.15. The minimum atomic E-state index is -0.498. The number of nitrogens with zero attached hydrogens (tertiary/aromatic N) is 1. The average molecular weight is 230 g/mol. The van der Waals surface area contributed by atoms with Crippen molar-refractivity contribution in [2.24, 2.45) is 0 Å². The Morgan fingerprint density at radius 3 is 2.59 bits per heavy atom. The van der Waals surface area contributed by atoms with E-state index >= 15 is 0 Å². The minimum Gasteiger partial charge on any atom is -0.472 e. The van der Waals surface area contributed by atoms with E-state index < -0.39 is 5.60 Å². The van der Waals surface area contributed by atoms with Gasteiger partial charge in [0, 0.05) is 25.9 Å². The lowest BCUT2D eigenvalue weighted by Gasteiger charge is -2.37. The van der Waals surface area contributed by atoms with Gasteiger partial charge in [-0.25, -0.2) is 0 Å². The summed E-state index contributed by atoms with van der Waals surface area (Å²) in [6.45, 7) is 1.91. The first-order valence-corrected chi connectivity index (χ1v) is 5.85. The Morgan fingerprint density at radius 1 is 1.35 bits per heavy atom. The van der Waals surface area contributed by atoms with Crippen molar-refractivity contribution in [2.45, 2.75) is 18.4 Å². The number of para-hydroxylation sites is 2. The molecule has 1 aliphatic heterocycles. The van der Waals surface area contributed by atoms with E-state index in [0.29, 0.717) is 11.4 Å². The number of rotatable bonds is 2. The maximum absolute atomic E-state index is 5.98. The molecule has 1 aromatic carbocycles. The van der Waals surface area contributed by atoms with Gasteiger partial charge >= 0.3 is 0 Å². The van der Waals surface area contributed by atoms with E-state index in [1.54, 1.807) is 0 Å². The predicted octanol–water partition coefficient (Wildman–Crippen LogP) is 1.75. The van der Waals surface area contributed by atoms with E-state index in [0.717, 1.165) is 25.9 Å². The molecule has 1 fully saturated rings. The van der Waals surface area contributed by atoms with Crippen LogP contribution in [0.15, 0.2) is 24.3 Å². The standard InChI is InChI=1S/C14H18N2O/c1-3-14(8-10-16(2)11-9-14)17-13-7-5-4-6-12(13)15/h1,4-7H,8-11,15H2,2H3.